The summed E-state index contributed by atoms with van der Waals surface area (Å²) in [5, 5.41) is 0. The van der Waals surface area contributed by atoms with E-state index in [1.54, 1.807) is 32.9 Å². The fourth-order valence-electron chi connectivity index (χ4n) is 1.91. The Labute approximate surface area is 132 Å². The molecule has 0 aliphatic rings. The average molecular weight is 349 g/mol. The fourth-order valence-corrected chi connectivity index (χ4v) is 5.60. The Balaban J connectivity index is 3.05. The van der Waals surface area contributed by atoms with E-state index in [0.717, 1.165) is 5.56 Å². The lowest BCUT2D eigenvalue weighted by atomic mass is 10.2. The first-order valence-electron chi connectivity index (χ1n) is 7.26. The van der Waals surface area contributed by atoms with Gasteiger partial charge in [-0.3, -0.25) is 4.57 Å². The molecule has 0 fully saturated rings. The Morgan fingerprint density at radius 2 is 1.59 bits per heavy atom. The number of nitrogens with one attached hydrogen (secondary N) is 1. The average Bonchev–Trinajstić information content (AvgIpc) is 2.45. The van der Waals surface area contributed by atoms with Gasteiger partial charge in [-0.05, 0) is 39.3 Å². The number of hydrogen-bond acceptors (Lipinski definition) is 5. The molecule has 126 valence electrons. The molecule has 22 heavy (non-hydrogen) atoms. The second-order valence-corrected chi connectivity index (χ2v) is 8.67. The van der Waals surface area contributed by atoms with Gasteiger partial charge in [0, 0.05) is 0 Å². The minimum absolute atomic E-state index is 0.121. The number of sulfonamides is 1. The van der Waals surface area contributed by atoms with Gasteiger partial charge in [-0.2, -0.15) is 4.72 Å². The van der Waals surface area contributed by atoms with Crippen molar-refractivity contribution in [1.29, 1.82) is 0 Å². The van der Waals surface area contributed by atoms with Crippen LogP contribution in [0.4, 0.5) is 0 Å². The molecule has 0 aromatic heterocycles. The van der Waals surface area contributed by atoms with Crippen molar-refractivity contribution >= 4 is 17.6 Å². The molecule has 0 spiro atoms. The standard InChI is InChI=1S/C14H24NO5PS/c1-5-14(21(16,19-6-2)20-7-3)15-22(17,18)13-10-8-12(4)9-11-13/h8-11,14-15H,5-7H2,1-4H3. The Morgan fingerprint density at radius 3 is 2.00 bits per heavy atom. The number of hydrogen-bond donors (Lipinski definition) is 1. The second-order valence-electron chi connectivity index (χ2n) is 4.73. The lowest BCUT2D eigenvalue weighted by Gasteiger charge is -2.26. The van der Waals surface area contributed by atoms with Gasteiger partial charge >= 0.3 is 7.60 Å². The Bertz CT molecular complexity index is 605. The lowest BCUT2D eigenvalue weighted by Crippen LogP contribution is -2.35. The highest BCUT2D eigenvalue weighted by atomic mass is 32.2. The first kappa shape index (κ1) is 19.3. The first-order chi connectivity index (χ1) is 10.3. The van der Waals surface area contributed by atoms with Gasteiger partial charge in [0.2, 0.25) is 10.0 Å². The SMILES string of the molecule is CCOP(=O)(OCC)C(CC)NS(=O)(=O)c1ccc(C)cc1. The van der Waals surface area contributed by atoms with Crippen molar-refractivity contribution in [2.75, 3.05) is 13.2 Å². The summed E-state index contributed by atoms with van der Waals surface area (Å²) < 4.78 is 50.5. The molecule has 1 aromatic rings. The highest BCUT2D eigenvalue weighted by Crippen LogP contribution is 2.53. The zero-order chi connectivity index (χ0) is 16.8. The maximum absolute atomic E-state index is 12.7. The normalized spacial score (nSPS) is 14.0. The van der Waals surface area contributed by atoms with Gasteiger partial charge in [0.25, 0.3) is 0 Å². The van der Waals surface area contributed by atoms with Gasteiger partial charge < -0.3 is 9.05 Å². The van der Waals surface area contributed by atoms with E-state index in [2.05, 4.69) is 4.72 Å². The molecule has 0 aliphatic carbocycles. The molecular formula is C14H24NO5PS. The van der Waals surface area contributed by atoms with Crippen molar-refractivity contribution in [2.45, 2.75) is 44.8 Å². The quantitative estimate of drug-likeness (QED) is 0.692. The van der Waals surface area contributed by atoms with Gasteiger partial charge in [0.1, 0.15) is 5.78 Å². The van der Waals surface area contributed by atoms with Crippen LogP contribution in [0.5, 0.6) is 0 Å². The summed E-state index contributed by atoms with van der Waals surface area (Å²) in [5.41, 5.74) is 0.959. The van der Waals surface area contributed by atoms with Gasteiger partial charge in [-0.1, -0.05) is 24.6 Å². The van der Waals surface area contributed by atoms with Crippen molar-refractivity contribution in [3.8, 4) is 0 Å². The zero-order valence-electron chi connectivity index (χ0n) is 13.4. The molecule has 1 atom stereocenters. The highest BCUT2D eigenvalue weighted by Gasteiger charge is 2.37. The molecule has 0 amide bonds. The fraction of sp³-hybridized carbons (Fsp3) is 0.571. The van der Waals surface area contributed by atoms with Crippen LogP contribution in [0.1, 0.15) is 32.8 Å². The summed E-state index contributed by atoms with van der Waals surface area (Å²) in [7, 11) is -7.34. The summed E-state index contributed by atoms with van der Waals surface area (Å²) in [4.78, 5) is 0.121. The Hall–Kier alpha value is -0.720. The minimum Gasteiger partial charge on any atom is -0.308 e. The van der Waals surface area contributed by atoms with Crippen LogP contribution in [0.15, 0.2) is 29.2 Å². The van der Waals surface area contributed by atoms with E-state index in [4.69, 9.17) is 9.05 Å². The molecule has 1 aromatic carbocycles. The van der Waals surface area contributed by atoms with Crippen molar-refractivity contribution in [2.24, 2.45) is 0 Å². The third-order valence-corrected chi connectivity index (χ3v) is 7.17. The summed E-state index contributed by atoms with van der Waals surface area (Å²) in [6, 6.07) is 6.44. The monoisotopic (exact) mass is 349 g/mol. The maximum atomic E-state index is 12.7. The maximum Gasteiger partial charge on any atom is 0.348 e. The van der Waals surface area contributed by atoms with Crippen molar-refractivity contribution in [1.82, 2.24) is 4.72 Å². The predicted molar refractivity (Wildman–Crippen MR) is 86.4 cm³/mol. The van der Waals surface area contributed by atoms with Crippen LogP contribution in [0.2, 0.25) is 0 Å². The second kappa shape index (κ2) is 8.22. The first-order valence-corrected chi connectivity index (χ1v) is 10.4. The van der Waals surface area contributed by atoms with E-state index in [1.165, 1.54) is 12.1 Å². The summed E-state index contributed by atoms with van der Waals surface area (Å²) in [6.07, 6.45) is 0.294. The third-order valence-electron chi connectivity index (χ3n) is 3.01. The van der Waals surface area contributed by atoms with Crippen LogP contribution in [-0.2, 0) is 23.6 Å². The smallest absolute Gasteiger partial charge is 0.308 e. The molecule has 1 unspecified atom stereocenters. The molecule has 0 aliphatic heterocycles. The molecule has 6 nitrogen and oxygen atoms in total. The zero-order valence-corrected chi connectivity index (χ0v) is 15.1. The summed E-state index contributed by atoms with van der Waals surface area (Å²) in [5.74, 6) is -0.918. The number of benzene rings is 1. The van der Waals surface area contributed by atoms with Gasteiger partial charge in [-0.25, -0.2) is 8.42 Å². The van der Waals surface area contributed by atoms with Crippen LogP contribution in [0.25, 0.3) is 0 Å². The van der Waals surface area contributed by atoms with E-state index in [1.807, 2.05) is 6.92 Å². The van der Waals surface area contributed by atoms with E-state index >= 15 is 0 Å². The Kier molecular flexibility index (Phi) is 7.22. The van der Waals surface area contributed by atoms with Crippen LogP contribution in [-0.4, -0.2) is 27.4 Å². The van der Waals surface area contributed by atoms with E-state index in [0.29, 0.717) is 6.42 Å². The topological polar surface area (TPSA) is 81.7 Å². The molecule has 0 bridgehead atoms. The Morgan fingerprint density at radius 1 is 1.09 bits per heavy atom. The molecule has 0 radical (unpaired) electrons. The van der Waals surface area contributed by atoms with Gasteiger partial charge in [0.05, 0.1) is 18.1 Å². The lowest BCUT2D eigenvalue weighted by molar-refractivity contribution is 0.209. The number of rotatable bonds is 9. The molecular weight excluding hydrogens is 325 g/mol. The molecule has 8 heteroatoms. The predicted octanol–water partition coefficient (Wildman–Crippen LogP) is 3.28. The van der Waals surface area contributed by atoms with Crippen molar-refractivity contribution in [3.63, 3.8) is 0 Å². The highest BCUT2D eigenvalue weighted by molar-refractivity contribution is 7.89. The third kappa shape index (κ3) is 4.89. The number of aryl methyl sites for hydroxylation is 1. The minimum atomic E-state index is -3.79. The van der Waals surface area contributed by atoms with Crippen molar-refractivity contribution < 1.29 is 22.0 Å². The molecule has 1 N–H and O–H groups in total. The van der Waals surface area contributed by atoms with E-state index in [-0.39, 0.29) is 18.1 Å². The van der Waals surface area contributed by atoms with Gasteiger partial charge in [-0.15, -0.1) is 0 Å². The van der Waals surface area contributed by atoms with Crippen LogP contribution < -0.4 is 4.72 Å². The van der Waals surface area contributed by atoms with Crippen LogP contribution in [0, 0.1) is 6.92 Å². The molecule has 0 heterocycles. The molecule has 1 rings (SSSR count). The molecule has 0 saturated carbocycles. The van der Waals surface area contributed by atoms with Crippen LogP contribution >= 0.6 is 7.60 Å². The van der Waals surface area contributed by atoms with Crippen LogP contribution in [0.3, 0.4) is 0 Å². The largest absolute Gasteiger partial charge is 0.348 e. The van der Waals surface area contributed by atoms with E-state index in [9.17, 15) is 13.0 Å². The molecule has 0 saturated heterocycles. The van der Waals surface area contributed by atoms with Crippen molar-refractivity contribution in [3.05, 3.63) is 29.8 Å². The summed E-state index contributed by atoms with van der Waals surface area (Å²) in [6.45, 7) is 7.34. The van der Waals surface area contributed by atoms with Gasteiger partial charge in [0.15, 0.2) is 0 Å². The van der Waals surface area contributed by atoms with E-state index < -0.39 is 23.4 Å². The summed E-state index contributed by atoms with van der Waals surface area (Å²) >= 11 is 0.